The van der Waals surface area contributed by atoms with Gasteiger partial charge in [0, 0.05) is 0 Å². The van der Waals surface area contributed by atoms with E-state index in [9.17, 15) is 23.1 Å². The topological polar surface area (TPSA) is 110 Å². The molecule has 3 aromatic rings. The van der Waals surface area contributed by atoms with Gasteiger partial charge in [0.2, 0.25) is 10.0 Å². The van der Waals surface area contributed by atoms with Crippen LogP contribution in [0.1, 0.15) is 5.56 Å². The highest BCUT2D eigenvalue weighted by atomic mass is 32.2. The van der Waals surface area contributed by atoms with Crippen molar-refractivity contribution in [3.63, 3.8) is 0 Å². The van der Waals surface area contributed by atoms with Crippen LogP contribution in [0.4, 0.5) is 0 Å². The van der Waals surface area contributed by atoms with Gasteiger partial charge in [0.15, 0.2) is 0 Å². The van der Waals surface area contributed by atoms with Crippen molar-refractivity contribution in [2.24, 2.45) is 5.92 Å². The molecular formula is C24H23NO6S. The van der Waals surface area contributed by atoms with Crippen molar-refractivity contribution >= 4 is 32.7 Å². The minimum Gasteiger partial charge on any atom is -0.481 e. The molecule has 0 aromatic heterocycles. The van der Waals surface area contributed by atoms with Gasteiger partial charge in [0.1, 0.15) is 12.6 Å². The van der Waals surface area contributed by atoms with Crippen molar-refractivity contribution in [3.8, 4) is 0 Å². The number of carboxylic acids is 1. The zero-order chi connectivity index (χ0) is 23.1. The molecule has 0 aliphatic carbocycles. The van der Waals surface area contributed by atoms with Gasteiger partial charge < -0.3 is 9.84 Å². The number of carboxylic acid groups (broad SMARTS) is 1. The Bertz CT molecular complexity index is 1220. The smallest absolute Gasteiger partial charge is 0.325 e. The number of rotatable bonds is 10. The molecule has 0 bridgehead atoms. The number of ether oxygens (including phenoxy) is 1. The number of carbonyl (C=O) groups is 2. The standard InChI is InChI=1S/C24H23NO6S/c1-2-14-31-24(28)22(21(23(26)27)15-17-8-4-3-5-9-17)25-32(29,30)20-13-12-18-10-6-7-11-19(18)16-20/h2-13,16,21-22,25H,1,14-15H2,(H,26,27)/t21?,22-/m0/s1. The van der Waals surface area contributed by atoms with E-state index >= 15 is 0 Å². The monoisotopic (exact) mass is 453 g/mol. The molecule has 0 heterocycles. The lowest BCUT2D eigenvalue weighted by atomic mass is 9.92. The highest BCUT2D eigenvalue weighted by Gasteiger charge is 2.38. The van der Waals surface area contributed by atoms with Crippen LogP contribution in [-0.4, -0.2) is 38.1 Å². The van der Waals surface area contributed by atoms with Crippen molar-refractivity contribution in [3.05, 3.63) is 91.0 Å². The maximum Gasteiger partial charge on any atom is 0.325 e. The number of hydrogen-bond donors (Lipinski definition) is 2. The second-order valence-electron chi connectivity index (χ2n) is 7.16. The molecule has 8 heteroatoms. The first-order valence-electron chi connectivity index (χ1n) is 9.87. The number of aliphatic carboxylic acids is 1. The van der Waals surface area contributed by atoms with E-state index in [2.05, 4.69) is 11.3 Å². The van der Waals surface area contributed by atoms with E-state index in [1.165, 1.54) is 18.2 Å². The van der Waals surface area contributed by atoms with Gasteiger partial charge in [-0.3, -0.25) is 9.59 Å². The first kappa shape index (κ1) is 23.2. The Hall–Kier alpha value is -3.49. The Kier molecular flexibility index (Phi) is 7.40. The Labute approximate surface area is 186 Å². The number of benzene rings is 3. The van der Waals surface area contributed by atoms with Gasteiger partial charge in [-0.2, -0.15) is 4.72 Å². The average molecular weight is 454 g/mol. The predicted octanol–water partition coefficient (Wildman–Crippen LogP) is 3.16. The van der Waals surface area contributed by atoms with E-state index in [0.717, 1.165) is 5.39 Å². The zero-order valence-corrected chi connectivity index (χ0v) is 18.0. The van der Waals surface area contributed by atoms with Crippen molar-refractivity contribution in [2.75, 3.05) is 6.61 Å². The first-order valence-corrected chi connectivity index (χ1v) is 11.4. The second-order valence-corrected chi connectivity index (χ2v) is 8.88. The largest absolute Gasteiger partial charge is 0.481 e. The van der Waals surface area contributed by atoms with Gasteiger partial charge in [0.05, 0.1) is 10.8 Å². The molecule has 1 unspecified atom stereocenters. The Morgan fingerprint density at radius 3 is 2.31 bits per heavy atom. The molecule has 7 nitrogen and oxygen atoms in total. The van der Waals surface area contributed by atoms with Crippen LogP contribution in [-0.2, 0) is 30.8 Å². The van der Waals surface area contributed by atoms with Gasteiger partial charge in [-0.05, 0) is 34.9 Å². The van der Waals surface area contributed by atoms with Crippen LogP contribution in [0.3, 0.4) is 0 Å². The number of hydrogen-bond acceptors (Lipinski definition) is 5. The Balaban J connectivity index is 1.96. The Morgan fingerprint density at radius 2 is 1.66 bits per heavy atom. The van der Waals surface area contributed by atoms with Crippen LogP contribution in [0.5, 0.6) is 0 Å². The summed E-state index contributed by atoms with van der Waals surface area (Å²) in [6, 6.07) is 18.8. The molecule has 2 atom stereocenters. The molecule has 3 aromatic carbocycles. The van der Waals surface area contributed by atoms with Gasteiger partial charge in [-0.1, -0.05) is 73.3 Å². The van der Waals surface area contributed by atoms with E-state index in [1.807, 2.05) is 12.1 Å². The van der Waals surface area contributed by atoms with Crippen LogP contribution in [0, 0.1) is 5.92 Å². The van der Waals surface area contributed by atoms with Gasteiger partial charge in [-0.25, -0.2) is 8.42 Å². The summed E-state index contributed by atoms with van der Waals surface area (Å²) in [5, 5.41) is 11.4. The molecule has 32 heavy (non-hydrogen) atoms. The zero-order valence-electron chi connectivity index (χ0n) is 17.2. The predicted molar refractivity (Wildman–Crippen MR) is 120 cm³/mol. The summed E-state index contributed by atoms with van der Waals surface area (Å²) in [7, 11) is -4.23. The van der Waals surface area contributed by atoms with E-state index in [0.29, 0.717) is 10.9 Å². The molecule has 0 saturated carbocycles. The summed E-state index contributed by atoms with van der Waals surface area (Å²) in [5.41, 5.74) is 0.645. The third-order valence-electron chi connectivity index (χ3n) is 4.93. The van der Waals surface area contributed by atoms with E-state index < -0.39 is 33.9 Å². The molecule has 0 aliphatic heterocycles. The summed E-state index contributed by atoms with van der Waals surface area (Å²) < 4.78 is 33.5. The fourth-order valence-electron chi connectivity index (χ4n) is 3.31. The van der Waals surface area contributed by atoms with Gasteiger partial charge in [-0.15, -0.1) is 0 Å². The summed E-state index contributed by atoms with van der Waals surface area (Å²) in [6.45, 7) is 3.28. The van der Waals surface area contributed by atoms with E-state index in [4.69, 9.17) is 4.74 Å². The average Bonchev–Trinajstić information content (AvgIpc) is 2.79. The lowest BCUT2D eigenvalue weighted by molar-refractivity contribution is -0.153. The number of nitrogens with one attached hydrogen (secondary N) is 1. The SMILES string of the molecule is C=CCOC(=O)[C@@H](NS(=O)(=O)c1ccc2ccccc2c1)C(Cc1ccccc1)C(=O)O. The van der Waals surface area contributed by atoms with Crippen LogP contribution >= 0.6 is 0 Å². The third-order valence-corrected chi connectivity index (χ3v) is 6.37. The minimum atomic E-state index is -4.23. The molecular weight excluding hydrogens is 430 g/mol. The van der Waals surface area contributed by atoms with Crippen molar-refractivity contribution in [2.45, 2.75) is 17.4 Å². The summed E-state index contributed by atoms with van der Waals surface area (Å²) in [5.74, 6) is -3.70. The number of carbonyl (C=O) groups excluding carboxylic acids is 1. The maximum atomic E-state index is 13.1. The van der Waals surface area contributed by atoms with Crippen molar-refractivity contribution in [1.29, 1.82) is 0 Å². The normalized spacial score (nSPS) is 13.2. The highest BCUT2D eigenvalue weighted by molar-refractivity contribution is 7.89. The van der Waals surface area contributed by atoms with Crippen molar-refractivity contribution in [1.82, 2.24) is 4.72 Å². The summed E-state index contributed by atoms with van der Waals surface area (Å²) in [6.07, 6.45) is 1.25. The second kappa shape index (κ2) is 10.2. The summed E-state index contributed by atoms with van der Waals surface area (Å²) >= 11 is 0. The van der Waals surface area contributed by atoms with Crippen molar-refractivity contribution < 1.29 is 27.9 Å². The molecule has 0 saturated heterocycles. The van der Waals surface area contributed by atoms with Crippen LogP contribution in [0.15, 0.2) is 90.3 Å². The van der Waals surface area contributed by atoms with E-state index in [1.54, 1.807) is 48.5 Å². The summed E-state index contributed by atoms with van der Waals surface area (Å²) in [4.78, 5) is 24.7. The quantitative estimate of drug-likeness (QED) is 0.360. The number of sulfonamides is 1. The fourth-order valence-corrected chi connectivity index (χ4v) is 4.57. The lowest BCUT2D eigenvalue weighted by Crippen LogP contribution is -2.50. The molecule has 166 valence electrons. The molecule has 0 spiro atoms. The van der Waals surface area contributed by atoms with Crippen LogP contribution < -0.4 is 4.72 Å². The fraction of sp³-hybridized carbons (Fsp3) is 0.167. The maximum absolute atomic E-state index is 13.1. The van der Waals surface area contributed by atoms with E-state index in [-0.39, 0.29) is 17.9 Å². The lowest BCUT2D eigenvalue weighted by Gasteiger charge is -2.23. The van der Waals surface area contributed by atoms with Crippen LogP contribution in [0.25, 0.3) is 10.8 Å². The molecule has 0 fully saturated rings. The molecule has 2 N–H and O–H groups in total. The highest BCUT2D eigenvalue weighted by Crippen LogP contribution is 2.21. The third kappa shape index (κ3) is 5.60. The first-order chi connectivity index (χ1) is 15.3. The number of esters is 1. The molecule has 0 aliphatic rings. The number of fused-ring (bicyclic) bond motifs is 1. The van der Waals surface area contributed by atoms with Crippen LogP contribution in [0.2, 0.25) is 0 Å². The van der Waals surface area contributed by atoms with Gasteiger partial charge in [0.25, 0.3) is 0 Å². The molecule has 0 amide bonds. The molecule has 0 radical (unpaired) electrons. The minimum absolute atomic E-state index is 0.0652. The van der Waals surface area contributed by atoms with Gasteiger partial charge >= 0.3 is 11.9 Å². The molecule has 3 rings (SSSR count). The Morgan fingerprint density at radius 1 is 1.00 bits per heavy atom.